The zero-order chi connectivity index (χ0) is 16.4. The van der Waals surface area contributed by atoms with Crippen molar-refractivity contribution in [2.45, 2.75) is 6.04 Å². The molecule has 0 spiro atoms. The number of carboxylic acid groups (broad SMARTS) is 1. The van der Waals surface area contributed by atoms with Gasteiger partial charge in [0.2, 0.25) is 0 Å². The number of aliphatic carboxylic acids is 1. The number of carboxylic acids is 1. The third-order valence-corrected chi connectivity index (χ3v) is 3.44. The second kappa shape index (κ2) is 5.94. The fourth-order valence-electron chi connectivity index (χ4n) is 2.30. The van der Waals surface area contributed by atoms with Crippen molar-refractivity contribution >= 4 is 16.9 Å². The van der Waals surface area contributed by atoms with Crippen LogP contribution in [0.25, 0.3) is 22.2 Å². The molecule has 1 heterocycles. The lowest BCUT2D eigenvalue weighted by Crippen LogP contribution is -2.28. The van der Waals surface area contributed by atoms with Gasteiger partial charge in [-0.1, -0.05) is 48.5 Å². The van der Waals surface area contributed by atoms with Gasteiger partial charge in [0.1, 0.15) is 5.69 Å². The van der Waals surface area contributed by atoms with Crippen LogP contribution in [0.1, 0.15) is 11.7 Å². The molecule has 0 saturated heterocycles. The molecule has 23 heavy (non-hydrogen) atoms. The number of aromatic nitrogens is 2. The Hall–Kier alpha value is -3.12. The molecule has 0 amide bonds. The van der Waals surface area contributed by atoms with Gasteiger partial charge in [-0.05, 0) is 6.07 Å². The van der Waals surface area contributed by atoms with Gasteiger partial charge in [0, 0.05) is 10.9 Å². The van der Waals surface area contributed by atoms with E-state index in [0.717, 1.165) is 5.56 Å². The quantitative estimate of drug-likeness (QED) is 0.763. The smallest absolute Gasteiger partial charge is 0.326 e. The normalized spacial score (nSPS) is 12.0. The predicted octanol–water partition coefficient (Wildman–Crippen LogP) is 1.74. The Bertz CT molecular complexity index is 942. The van der Waals surface area contributed by atoms with Crippen molar-refractivity contribution in [1.82, 2.24) is 9.97 Å². The van der Waals surface area contributed by atoms with E-state index in [2.05, 4.69) is 9.97 Å². The van der Waals surface area contributed by atoms with Crippen LogP contribution < -0.4 is 11.3 Å². The molecular formula is C17H13N3O3. The molecule has 3 N–H and O–H groups in total. The Morgan fingerprint density at radius 1 is 1.00 bits per heavy atom. The maximum atomic E-state index is 12.2. The maximum absolute atomic E-state index is 12.2. The van der Waals surface area contributed by atoms with Crippen LogP contribution in [0, 0.1) is 0 Å². The Kier molecular flexibility index (Phi) is 3.82. The molecule has 1 atom stereocenters. The summed E-state index contributed by atoms with van der Waals surface area (Å²) in [5.41, 5.74) is 6.24. The molecular weight excluding hydrogens is 294 g/mol. The van der Waals surface area contributed by atoms with Crippen LogP contribution in [0.3, 0.4) is 0 Å². The molecule has 0 bridgehead atoms. The maximum Gasteiger partial charge on any atom is 0.326 e. The number of fused-ring (bicyclic) bond motifs is 1. The highest BCUT2D eigenvalue weighted by molar-refractivity contribution is 5.91. The first-order valence-corrected chi connectivity index (χ1v) is 6.92. The first-order chi connectivity index (χ1) is 11.1. The topological polar surface area (TPSA) is 106 Å². The second-order valence-corrected chi connectivity index (χ2v) is 4.96. The summed E-state index contributed by atoms with van der Waals surface area (Å²) in [5.74, 6) is -1.33. The summed E-state index contributed by atoms with van der Waals surface area (Å²) in [5, 5.41) is 9.76. The molecule has 2 aromatic carbocycles. The van der Waals surface area contributed by atoms with Gasteiger partial charge in [0.25, 0.3) is 5.56 Å². The molecule has 0 aliphatic carbocycles. The second-order valence-electron chi connectivity index (χ2n) is 4.96. The molecule has 6 heteroatoms. The minimum atomic E-state index is -1.53. The monoisotopic (exact) mass is 307 g/mol. The standard InChI is InChI=1S/C17H13N3O3/c18-13(17(22)23)15-16(21)19-12-9-5-4-8-11(12)14(20-15)10-6-2-1-3-7-10/h1-9,13H,18H2,(H,22,23). The lowest BCUT2D eigenvalue weighted by atomic mass is 10.1. The lowest BCUT2D eigenvalue weighted by molar-refractivity contribution is -0.138. The fourth-order valence-corrected chi connectivity index (χ4v) is 2.30. The van der Waals surface area contributed by atoms with E-state index >= 15 is 0 Å². The van der Waals surface area contributed by atoms with Crippen molar-refractivity contribution in [2.75, 3.05) is 0 Å². The van der Waals surface area contributed by atoms with Gasteiger partial charge in [-0.2, -0.15) is 0 Å². The number of benzene rings is 2. The van der Waals surface area contributed by atoms with Gasteiger partial charge in [-0.25, -0.2) is 9.97 Å². The Morgan fingerprint density at radius 2 is 1.65 bits per heavy atom. The lowest BCUT2D eigenvalue weighted by Gasteiger charge is -2.04. The fraction of sp³-hybridized carbons (Fsp3) is 0.0588. The highest BCUT2D eigenvalue weighted by Crippen LogP contribution is 2.24. The van der Waals surface area contributed by atoms with Crippen molar-refractivity contribution in [2.24, 2.45) is 5.73 Å². The third-order valence-electron chi connectivity index (χ3n) is 3.44. The van der Waals surface area contributed by atoms with Crippen LogP contribution in [0.15, 0.2) is 59.4 Å². The van der Waals surface area contributed by atoms with Crippen LogP contribution in [-0.2, 0) is 4.79 Å². The minimum absolute atomic E-state index is 0.285. The minimum Gasteiger partial charge on any atom is -0.480 e. The average molecular weight is 307 g/mol. The van der Waals surface area contributed by atoms with Gasteiger partial charge in [-0.3, -0.25) is 9.59 Å². The summed E-state index contributed by atoms with van der Waals surface area (Å²) in [6.45, 7) is 0. The highest BCUT2D eigenvalue weighted by atomic mass is 16.4. The summed E-state index contributed by atoms with van der Waals surface area (Å²) < 4.78 is 0. The summed E-state index contributed by atoms with van der Waals surface area (Å²) in [7, 11) is 0. The molecule has 3 rings (SSSR count). The van der Waals surface area contributed by atoms with E-state index in [0.29, 0.717) is 16.6 Å². The first kappa shape index (κ1) is 14.8. The van der Waals surface area contributed by atoms with Crippen molar-refractivity contribution in [3.05, 3.63) is 70.6 Å². The van der Waals surface area contributed by atoms with Crippen molar-refractivity contribution in [1.29, 1.82) is 0 Å². The largest absolute Gasteiger partial charge is 0.480 e. The van der Waals surface area contributed by atoms with Gasteiger partial charge < -0.3 is 10.8 Å². The van der Waals surface area contributed by atoms with Gasteiger partial charge in [0.15, 0.2) is 6.04 Å². The summed E-state index contributed by atoms with van der Waals surface area (Å²) >= 11 is 0. The van der Waals surface area contributed by atoms with Crippen LogP contribution >= 0.6 is 0 Å². The number of hydrogen-bond donors (Lipinski definition) is 2. The molecule has 0 aliphatic heterocycles. The number of para-hydroxylation sites is 1. The Balaban J connectivity index is 2.44. The molecule has 3 aromatic rings. The molecule has 0 aliphatic rings. The summed E-state index contributed by atoms with van der Waals surface area (Å²) in [4.78, 5) is 31.6. The van der Waals surface area contributed by atoms with Crippen molar-refractivity contribution < 1.29 is 9.90 Å². The van der Waals surface area contributed by atoms with Crippen LogP contribution in [0.2, 0.25) is 0 Å². The van der Waals surface area contributed by atoms with Gasteiger partial charge >= 0.3 is 5.97 Å². The van der Waals surface area contributed by atoms with Gasteiger partial charge in [-0.15, -0.1) is 0 Å². The van der Waals surface area contributed by atoms with Crippen LogP contribution in [-0.4, -0.2) is 21.0 Å². The van der Waals surface area contributed by atoms with Crippen LogP contribution in [0.4, 0.5) is 0 Å². The average Bonchev–Trinajstić information content (AvgIpc) is 2.71. The number of carbonyl (C=O) groups is 1. The summed E-state index contributed by atoms with van der Waals surface area (Å²) in [6.07, 6.45) is 0. The molecule has 0 radical (unpaired) electrons. The van der Waals surface area contributed by atoms with E-state index in [1.54, 1.807) is 24.3 Å². The Morgan fingerprint density at radius 3 is 2.35 bits per heavy atom. The van der Waals surface area contributed by atoms with Crippen molar-refractivity contribution in [3.63, 3.8) is 0 Å². The van der Waals surface area contributed by atoms with E-state index in [1.807, 2.05) is 30.3 Å². The van der Waals surface area contributed by atoms with Crippen molar-refractivity contribution in [3.8, 4) is 11.3 Å². The number of hydrogen-bond acceptors (Lipinski definition) is 5. The summed E-state index contributed by atoms with van der Waals surface area (Å²) in [6, 6.07) is 14.7. The zero-order valence-electron chi connectivity index (χ0n) is 12.0. The number of rotatable bonds is 3. The van der Waals surface area contributed by atoms with Gasteiger partial charge in [0.05, 0.1) is 11.2 Å². The highest BCUT2D eigenvalue weighted by Gasteiger charge is 2.21. The molecule has 0 saturated carbocycles. The van der Waals surface area contributed by atoms with E-state index < -0.39 is 17.6 Å². The first-order valence-electron chi connectivity index (χ1n) is 6.92. The molecule has 114 valence electrons. The SMILES string of the molecule is NC(C(=O)O)c1nc(-c2ccccc2)c2ccccc2nc1=O. The number of nitrogens with two attached hydrogens (primary N) is 1. The zero-order valence-corrected chi connectivity index (χ0v) is 12.0. The van der Waals surface area contributed by atoms with E-state index in [1.165, 1.54) is 0 Å². The predicted molar refractivity (Wildman–Crippen MR) is 85.8 cm³/mol. The van der Waals surface area contributed by atoms with E-state index in [9.17, 15) is 9.59 Å². The molecule has 6 nitrogen and oxygen atoms in total. The van der Waals surface area contributed by atoms with Crippen LogP contribution in [0.5, 0.6) is 0 Å². The Labute approximate surface area is 131 Å². The van der Waals surface area contributed by atoms with E-state index in [-0.39, 0.29) is 5.69 Å². The van der Waals surface area contributed by atoms with E-state index in [4.69, 9.17) is 10.8 Å². The number of nitrogens with zero attached hydrogens (tertiary/aromatic N) is 2. The third kappa shape index (κ3) is 2.79. The molecule has 1 aromatic heterocycles. The molecule has 1 unspecified atom stereocenters. The molecule has 0 fully saturated rings.